The number of hydrogen-bond donors (Lipinski definition) is 1. The lowest BCUT2D eigenvalue weighted by Crippen LogP contribution is -1.97. The maximum Gasteiger partial charge on any atom is 0.0790 e. The number of aliphatic hydroxyl groups excluding tert-OH is 1. The van der Waals surface area contributed by atoms with Gasteiger partial charge in [-0.05, 0) is 43.0 Å². The lowest BCUT2D eigenvalue weighted by molar-refractivity contribution is 0.165. The zero-order valence-corrected chi connectivity index (χ0v) is 9.84. The molecule has 0 saturated heterocycles. The van der Waals surface area contributed by atoms with Crippen LogP contribution in [-0.4, -0.2) is 10.1 Å². The van der Waals surface area contributed by atoms with Crippen molar-refractivity contribution in [2.24, 2.45) is 0 Å². The topological polar surface area (TPSA) is 33.1 Å². The van der Waals surface area contributed by atoms with Crippen LogP contribution in [0.4, 0.5) is 0 Å². The summed E-state index contributed by atoms with van der Waals surface area (Å²) in [6, 6.07) is 9.86. The van der Waals surface area contributed by atoms with Gasteiger partial charge >= 0.3 is 0 Å². The number of fused-ring (bicyclic) bond motifs is 1. The van der Waals surface area contributed by atoms with Gasteiger partial charge in [0.25, 0.3) is 0 Å². The second-order valence-corrected chi connectivity index (χ2v) is 4.19. The molecule has 2 heteroatoms. The van der Waals surface area contributed by atoms with Gasteiger partial charge in [-0.2, -0.15) is 0 Å². The van der Waals surface area contributed by atoms with E-state index in [4.69, 9.17) is 0 Å². The van der Waals surface area contributed by atoms with Crippen molar-refractivity contribution in [2.75, 3.05) is 0 Å². The summed E-state index contributed by atoms with van der Waals surface area (Å²) in [4.78, 5) is 4.26. The number of hydrogen-bond acceptors (Lipinski definition) is 2. The Bertz CT molecular complexity index is 507. The average molecular weight is 227 g/mol. The fraction of sp³-hybridized carbons (Fsp3) is 0.267. The van der Waals surface area contributed by atoms with Gasteiger partial charge in [0.05, 0.1) is 11.6 Å². The molecule has 0 aliphatic heterocycles. The highest BCUT2D eigenvalue weighted by molar-refractivity contribution is 5.78. The van der Waals surface area contributed by atoms with E-state index < -0.39 is 0 Å². The third-order valence-corrected chi connectivity index (χ3v) is 2.90. The Kier molecular flexibility index (Phi) is 3.89. The molecule has 0 aliphatic carbocycles. The molecule has 0 radical (unpaired) electrons. The molecule has 1 aromatic heterocycles. The highest BCUT2D eigenvalue weighted by Gasteiger charge is 2.07. The highest BCUT2D eigenvalue weighted by atomic mass is 16.3. The Morgan fingerprint density at radius 2 is 2.24 bits per heavy atom. The average Bonchev–Trinajstić information content (AvgIpc) is 2.38. The predicted octanol–water partition coefficient (Wildman–Crippen LogP) is 3.62. The summed E-state index contributed by atoms with van der Waals surface area (Å²) in [7, 11) is 0. The summed E-state index contributed by atoms with van der Waals surface area (Å²) < 4.78 is 0. The number of pyridine rings is 1. The van der Waals surface area contributed by atoms with Gasteiger partial charge in [0.1, 0.15) is 0 Å². The number of aliphatic hydroxyl groups is 1. The van der Waals surface area contributed by atoms with Crippen molar-refractivity contribution in [1.29, 1.82) is 0 Å². The third kappa shape index (κ3) is 2.92. The van der Waals surface area contributed by atoms with Gasteiger partial charge < -0.3 is 5.11 Å². The van der Waals surface area contributed by atoms with Crippen LogP contribution in [0.25, 0.3) is 10.9 Å². The molecule has 17 heavy (non-hydrogen) atoms. The van der Waals surface area contributed by atoms with E-state index in [0.29, 0.717) is 0 Å². The zero-order chi connectivity index (χ0) is 12.1. The number of benzene rings is 1. The number of rotatable bonds is 5. The molecule has 2 aromatic rings. The Morgan fingerprint density at radius 3 is 3.06 bits per heavy atom. The van der Waals surface area contributed by atoms with Crippen LogP contribution in [0.1, 0.15) is 30.9 Å². The standard InChI is InChI=1S/C15H17NO/c1-2-3-4-7-15(17)13-8-9-14-12(11-13)6-5-10-16-14/h2,5-6,8-11,15,17H,1,3-4,7H2. The molecule has 1 unspecified atom stereocenters. The molecule has 1 N–H and O–H groups in total. The van der Waals surface area contributed by atoms with E-state index in [1.54, 1.807) is 6.20 Å². The van der Waals surface area contributed by atoms with Crippen LogP contribution in [-0.2, 0) is 0 Å². The van der Waals surface area contributed by atoms with Crippen LogP contribution in [0, 0.1) is 0 Å². The number of aromatic nitrogens is 1. The van der Waals surface area contributed by atoms with Gasteiger partial charge in [0.15, 0.2) is 0 Å². The number of allylic oxidation sites excluding steroid dienone is 1. The fourth-order valence-electron chi connectivity index (χ4n) is 1.92. The van der Waals surface area contributed by atoms with Gasteiger partial charge in [0, 0.05) is 11.6 Å². The SMILES string of the molecule is C=CCCCC(O)c1ccc2ncccc2c1. The molecule has 2 rings (SSSR count). The second-order valence-electron chi connectivity index (χ2n) is 4.19. The van der Waals surface area contributed by atoms with E-state index in [1.165, 1.54) is 0 Å². The van der Waals surface area contributed by atoms with E-state index in [1.807, 2.05) is 36.4 Å². The quantitative estimate of drug-likeness (QED) is 0.625. The smallest absolute Gasteiger partial charge is 0.0790 e. The minimum absolute atomic E-state index is 0.389. The fourth-order valence-corrected chi connectivity index (χ4v) is 1.92. The highest BCUT2D eigenvalue weighted by Crippen LogP contribution is 2.22. The molecule has 88 valence electrons. The molecule has 0 aliphatic rings. The zero-order valence-electron chi connectivity index (χ0n) is 9.84. The minimum Gasteiger partial charge on any atom is -0.388 e. The van der Waals surface area contributed by atoms with Crippen molar-refractivity contribution in [3.8, 4) is 0 Å². The van der Waals surface area contributed by atoms with E-state index in [0.717, 1.165) is 35.7 Å². The molecule has 0 amide bonds. The summed E-state index contributed by atoms with van der Waals surface area (Å²) in [6.07, 6.45) is 5.97. The Balaban J connectivity index is 2.15. The van der Waals surface area contributed by atoms with Crippen molar-refractivity contribution in [1.82, 2.24) is 4.98 Å². The summed E-state index contributed by atoms with van der Waals surface area (Å²) in [6.45, 7) is 3.68. The van der Waals surface area contributed by atoms with Gasteiger partial charge in [0.2, 0.25) is 0 Å². The van der Waals surface area contributed by atoms with Crippen molar-refractivity contribution < 1.29 is 5.11 Å². The molecular weight excluding hydrogens is 210 g/mol. The van der Waals surface area contributed by atoms with Gasteiger partial charge in [-0.15, -0.1) is 6.58 Å². The molecular formula is C15H17NO. The first kappa shape index (κ1) is 11.8. The van der Waals surface area contributed by atoms with Crippen molar-refractivity contribution in [2.45, 2.75) is 25.4 Å². The Morgan fingerprint density at radius 1 is 1.35 bits per heavy atom. The first-order chi connectivity index (χ1) is 8.31. The predicted molar refractivity (Wildman–Crippen MR) is 70.8 cm³/mol. The van der Waals surface area contributed by atoms with Crippen LogP contribution < -0.4 is 0 Å². The largest absolute Gasteiger partial charge is 0.388 e. The number of nitrogens with zero attached hydrogens (tertiary/aromatic N) is 1. The van der Waals surface area contributed by atoms with Crippen molar-refractivity contribution >= 4 is 10.9 Å². The van der Waals surface area contributed by atoms with Gasteiger partial charge in [-0.1, -0.05) is 18.2 Å². The van der Waals surface area contributed by atoms with Crippen LogP contribution >= 0.6 is 0 Å². The molecule has 1 atom stereocenters. The normalized spacial score (nSPS) is 12.5. The molecule has 0 saturated carbocycles. The Hall–Kier alpha value is -1.67. The Labute approximate surface area is 102 Å². The summed E-state index contributed by atoms with van der Waals surface area (Å²) in [5.74, 6) is 0. The van der Waals surface area contributed by atoms with Crippen LogP contribution in [0.15, 0.2) is 49.2 Å². The van der Waals surface area contributed by atoms with E-state index in [2.05, 4.69) is 11.6 Å². The molecule has 2 nitrogen and oxygen atoms in total. The molecule has 0 spiro atoms. The summed E-state index contributed by atoms with van der Waals surface area (Å²) in [5.41, 5.74) is 1.93. The van der Waals surface area contributed by atoms with E-state index in [9.17, 15) is 5.11 Å². The molecule has 0 fully saturated rings. The van der Waals surface area contributed by atoms with Gasteiger partial charge in [-0.3, -0.25) is 4.98 Å². The van der Waals surface area contributed by atoms with Crippen molar-refractivity contribution in [3.63, 3.8) is 0 Å². The molecule has 1 heterocycles. The lowest BCUT2D eigenvalue weighted by atomic mass is 10.0. The van der Waals surface area contributed by atoms with E-state index in [-0.39, 0.29) is 6.10 Å². The first-order valence-corrected chi connectivity index (χ1v) is 5.95. The monoisotopic (exact) mass is 227 g/mol. The second kappa shape index (κ2) is 5.60. The summed E-state index contributed by atoms with van der Waals surface area (Å²) in [5, 5.41) is 11.1. The van der Waals surface area contributed by atoms with Gasteiger partial charge in [-0.25, -0.2) is 0 Å². The third-order valence-electron chi connectivity index (χ3n) is 2.90. The van der Waals surface area contributed by atoms with E-state index >= 15 is 0 Å². The summed E-state index contributed by atoms with van der Waals surface area (Å²) >= 11 is 0. The molecule has 1 aromatic carbocycles. The number of unbranched alkanes of at least 4 members (excludes halogenated alkanes) is 1. The van der Waals surface area contributed by atoms with Crippen LogP contribution in [0.3, 0.4) is 0 Å². The maximum atomic E-state index is 10.1. The van der Waals surface area contributed by atoms with Crippen LogP contribution in [0.5, 0.6) is 0 Å². The first-order valence-electron chi connectivity index (χ1n) is 5.95. The minimum atomic E-state index is -0.389. The van der Waals surface area contributed by atoms with Crippen LogP contribution in [0.2, 0.25) is 0 Å². The lowest BCUT2D eigenvalue weighted by Gasteiger charge is -2.10. The van der Waals surface area contributed by atoms with Crippen molar-refractivity contribution in [3.05, 3.63) is 54.7 Å². The molecule has 0 bridgehead atoms. The maximum absolute atomic E-state index is 10.1.